The molecule has 4 unspecified atom stereocenters. The summed E-state index contributed by atoms with van der Waals surface area (Å²) in [7, 11) is 0. The standard InChI is InChI=1S/C24H23F3N2O4/c1-13(2)12-23(22(32)33)18-17(20(30)29(21(18)31)16-6-4-3-5-7-16)19(28-23)14-8-10-15(11-9-14)24(25,26)27/h3-11,13,17-19,28H,12H2,1-2H3,(H,32,33). The van der Waals surface area contributed by atoms with E-state index in [4.69, 9.17) is 0 Å². The summed E-state index contributed by atoms with van der Waals surface area (Å²) in [5.74, 6) is -4.85. The van der Waals surface area contributed by atoms with E-state index in [9.17, 15) is 32.7 Å². The van der Waals surface area contributed by atoms with E-state index in [0.29, 0.717) is 11.3 Å². The summed E-state index contributed by atoms with van der Waals surface area (Å²) in [5.41, 5.74) is -1.94. The average Bonchev–Trinajstić information content (AvgIpc) is 3.22. The molecule has 0 aliphatic carbocycles. The molecule has 4 rings (SSSR count). The van der Waals surface area contributed by atoms with E-state index in [0.717, 1.165) is 17.0 Å². The third kappa shape index (κ3) is 3.70. The Morgan fingerprint density at radius 2 is 1.67 bits per heavy atom. The monoisotopic (exact) mass is 460 g/mol. The minimum Gasteiger partial charge on any atom is -0.480 e. The molecule has 2 N–H and O–H groups in total. The molecule has 0 aromatic heterocycles. The quantitative estimate of drug-likeness (QED) is 0.658. The van der Waals surface area contributed by atoms with Crippen molar-refractivity contribution in [2.45, 2.75) is 38.0 Å². The average molecular weight is 460 g/mol. The molecule has 2 heterocycles. The molecule has 0 bridgehead atoms. The van der Waals surface area contributed by atoms with Crippen molar-refractivity contribution in [1.29, 1.82) is 0 Å². The van der Waals surface area contributed by atoms with Gasteiger partial charge in [0.25, 0.3) is 0 Å². The fourth-order valence-electron chi connectivity index (χ4n) is 5.12. The first-order chi connectivity index (χ1) is 15.5. The van der Waals surface area contributed by atoms with Gasteiger partial charge in [0, 0.05) is 6.04 Å². The molecular weight excluding hydrogens is 437 g/mol. The summed E-state index contributed by atoms with van der Waals surface area (Å²) in [6.45, 7) is 3.62. The van der Waals surface area contributed by atoms with Gasteiger partial charge in [0.1, 0.15) is 5.54 Å². The number of carboxylic acids is 1. The lowest BCUT2D eigenvalue weighted by Gasteiger charge is -2.32. The number of hydrogen-bond donors (Lipinski definition) is 2. The van der Waals surface area contributed by atoms with Crippen LogP contribution in [0.15, 0.2) is 54.6 Å². The lowest BCUT2D eigenvalue weighted by atomic mass is 9.75. The number of hydrogen-bond acceptors (Lipinski definition) is 4. The highest BCUT2D eigenvalue weighted by molar-refractivity contribution is 6.24. The van der Waals surface area contributed by atoms with Gasteiger partial charge in [-0.1, -0.05) is 44.2 Å². The zero-order valence-electron chi connectivity index (χ0n) is 18.0. The predicted molar refractivity (Wildman–Crippen MR) is 113 cm³/mol. The van der Waals surface area contributed by atoms with Gasteiger partial charge in [-0.15, -0.1) is 0 Å². The van der Waals surface area contributed by atoms with Crippen molar-refractivity contribution in [1.82, 2.24) is 5.32 Å². The van der Waals surface area contributed by atoms with E-state index < -0.39 is 52.9 Å². The minimum atomic E-state index is -4.53. The fraction of sp³-hybridized carbons (Fsp3) is 0.375. The van der Waals surface area contributed by atoms with E-state index in [1.165, 1.54) is 12.1 Å². The second-order valence-electron chi connectivity index (χ2n) is 8.97. The number of carbonyl (C=O) groups excluding carboxylic acids is 2. The van der Waals surface area contributed by atoms with E-state index in [-0.39, 0.29) is 12.3 Å². The van der Waals surface area contributed by atoms with Crippen LogP contribution >= 0.6 is 0 Å². The Kier molecular flexibility index (Phi) is 5.56. The molecule has 9 heteroatoms. The first-order valence-corrected chi connectivity index (χ1v) is 10.6. The molecule has 33 heavy (non-hydrogen) atoms. The molecular formula is C24H23F3N2O4. The summed E-state index contributed by atoms with van der Waals surface area (Å²) < 4.78 is 39.1. The Bertz CT molecular complexity index is 1090. The summed E-state index contributed by atoms with van der Waals surface area (Å²) in [4.78, 5) is 40.6. The van der Waals surface area contributed by atoms with Gasteiger partial charge in [0.15, 0.2) is 0 Å². The van der Waals surface area contributed by atoms with Crippen LogP contribution in [0.3, 0.4) is 0 Å². The van der Waals surface area contributed by atoms with E-state index in [1.54, 1.807) is 30.3 Å². The molecule has 0 saturated carbocycles. The number of imide groups is 1. The van der Waals surface area contributed by atoms with E-state index in [1.807, 2.05) is 13.8 Å². The van der Waals surface area contributed by atoms with Crippen LogP contribution in [0.25, 0.3) is 0 Å². The van der Waals surface area contributed by atoms with Crippen LogP contribution < -0.4 is 10.2 Å². The number of carbonyl (C=O) groups is 3. The topological polar surface area (TPSA) is 86.7 Å². The lowest BCUT2D eigenvalue weighted by Crippen LogP contribution is -2.56. The van der Waals surface area contributed by atoms with Gasteiger partial charge in [-0.3, -0.25) is 19.7 Å². The Balaban J connectivity index is 1.83. The molecule has 174 valence electrons. The van der Waals surface area contributed by atoms with Crippen LogP contribution in [-0.2, 0) is 20.6 Å². The van der Waals surface area contributed by atoms with Crippen molar-refractivity contribution in [2.75, 3.05) is 4.90 Å². The third-order valence-electron chi connectivity index (χ3n) is 6.38. The zero-order valence-corrected chi connectivity index (χ0v) is 18.0. The summed E-state index contributed by atoms with van der Waals surface area (Å²) in [6, 6.07) is 11.5. The second kappa shape index (κ2) is 7.98. The molecule has 0 radical (unpaired) electrons. The van der Waals surface area contributed by atoms with Gasteiger partial charge in [-0.2, -0.15) is 13.2 Å². The molecule has 6 nitrogen and oxygen atoms in total. The maximum absolute atomic E-state index is 13.5. The molecule has 2 amide bonds. The maximum Gasteiger partial charge on any atom is 0.416 e. The Labute approximate surface area is 188 Å². The van der Waals surface area contributed by atoms with Crippen molar-refractivity contribution in [3.05, 3.63) is 65.7 Å². The van der Waals surface area contributed by atoms with Crippen molar-refractivity contribution in [3.8, 4) is 0 Å². The first-order valence-electron chi connectivity index (χ1n) is 10.6. The molecule has 2 aliphatic heterocycles. The van der Waals surface area contributed by atoms with Crippen LogP contribution in [0.5, 0.6) is 0 Å². The molecule has 2 aromatic rings. The molecule has 2 saturated heterocycles. The summed E-state index contributed by atoms with van der Waals surface area (Å²) in [6.07, 6.45) is -4.46. The number of halogens is 3. The summed E-state index contributed by atoms with van der Waals surface area (Å²) in [5, 5.41) is 13.2. The maximum atomic E-state index is 13.5. The normalized spacial score (nSPS) is 27.3. The number of benzene rings is 2. The second-order valence-corrected chi connectivity index (χ2v) is 8.97. The Morgan fingerprint density at radius 3 is 2.18 bits per heavy atom. The van der Waals surface area contributed by atoms with Crippen LogP contribution in [0.1, 0.15) is 37.4 Å². The number of anilines is 1. The number of nitrogens with zero attached hydrogens (tertiary/aromatic N) is 1. The smallest absolute Gasteiger partial charge is 0.416 e. The number of para-hydroxylation sites is 1. The van der Waals surface area contributed by atoms with Crippen molar-refractivity contribution < 1.29 is 32.7 Å². The van der Waals surface area contributed by atoms with Gasteiger partial charge in [-0.25, -0.2) is 4.90 Å². The molecule has 0 spiro atoms. The largest absolute Gasteiger partial charge is 0.480 e. The number of fused-ring (bicyclic) bond motifs is 1. The fourth-order valence-corrected chi connectivity index (χ4v) is 5.12. The lowest BCUT2D eigenvalue weighted by molar-refractivity contribution is -0.149. The molecule has 2 aromatic carbocycles. The van der Waals surface area contributed by atoms with Gasteiger partial charge in [-0.05, 0) is 42.2 Å². The highest BCUT2D eigenvalue weighted by Crippen LogP contribution is 2.51. The number of rotatable bonds is 5. The summed E-state index contributed by atoms with van der Waals surface area (Å²) >= 11 is 0. The predicted octanol–water partition coefficient (Wildman–Crippen LogP) is 4.03. The Hall–Kier alpha value is -3.20. The number of carboxylic acid groups (broad SMARTS) is 1. The Morgan fingerprint density at radius 1 is 1.06 bits per heavy atom. The highest BCUT2D eigenvalue weighted by atomic mass is 19.4. The third-order valence-corrected chi connectivity index (χ3v) is 6.38. The van der Waals surface area contributed by atoms with Crippen molar-refractivity contribution in [2.24, 2.45) is 17.8 Å². The molecule has 2 fully saturated rings. The number of nitrogens with one attached hydrogen (secondary N) is 1. The van der Waals surface area contributed by atoms with Crippen LogP contribution in [0.4, 0.5) is 18.9 Å². The van der Waals surface area contributed by atoms with Gasteiger partial charge >= 0.3 is 12.1 Å². The van der Waals surface area contributed by atoms with Gasteiger partial charge in [0.2, 0.25) is 11.8 Å². The highest BCUT2D eigenvalue weighted by Gasteiger charge is 2.68. The van der Waals surface area contributed by atoms with Crippen LogP contribution in [-0.4, -0.2) is 28.4 Å². The van der Waals surface area contributed by atoms with E-state index >= 15 is 0 Å². The number of alkyl halides is 3. The molecule has 4 atom stereocenters. The van der Waals surface area contributed by atoms with Crippen LogP contribution in [0, 0.1) is 17.8 Å². The van der Waals surface area contributed by atoms with E-state index in [2.05, 4.69) is 5.32 Å². The molecule has 2 aliphatic rings. The van der Waals surface area contributed by atoms with Crippen molar-refractivity contribution in [3.63, 3.8) is 0 Å². The number of amides is 2. The van der Waals surface area contributed by atoms with Gasteiger partial charge in [0.05, 0.1) is 23.1 Å². The van der Waals surface area contributed by atoms with Crippen molar-refractivity contribution >= 4 is 23.5 Å². The number of aliphatic carboxylic acids is 1. The zero-order chi connectivity index (χ0) is 24.1. The van der Waals surface area contributed by atoms with Crippen LogP contribution in [0.2, 0.25) is 0 Å². The van der Waals surface area contributed by atoms with Gasteiger partial charge < -0.3 is 5.11 Å². The SMILES string of the molecule is CC(C)CC1(C(=O)O)NC(c2ccc(C(F)(F)F)cc2)C2C(=O)N(c3ccccc3)C(=O)C21. The first kappa shape index (κ1) is 23.0. The minimum absolute atomic E-state index is 0.0717.